The molecule has 40 heavy (non-hydrogen) atoms. The summed E-state index contributed by atoms with van der Waals surface area (Å²) in [5, 5.41) is 5.63. The van der Waals surface area contributed by atoms with Gasteiger partial charge in [0.25, 0.3) is 11.5 Å². The summed E-state index contributed by atoms with van der Waals surface area (Å²) in [4.78, 5) is 39.0. The zero-order valence-corrected chi connectivity index (χ0v) is 23.4. The predicted octanol–water partition coefficient (Wildman–Crippen LogP) is 5.87. The maximum Gasteiger partial charge on any atom is 0.262 e. The number of carbonyl (C=O) groups excluding carboxylic acids is 1. The van der Waals surface area contributed by atoms with E-state index < -0.39 is 6.04 Å². The van der Waals surface area contributed by atoms with Crippen molar-refractivity contribution in [2.24, 2.45) is 0 Å². The number of hydrogen-bond acceptors (Lipinski definition) is 6. The first-order valence-corrected chi connectivity index (χ1v) is 14.4. The van der Waals surface area contributed by atoms with Crippen LogP contribution in [0.2, 0.25) is 0 Å². The van der Waals surface area contributed by atoms with Crippen molar-refractivity contribution < 1.29 is 4.79 Å². The van der Waals surface area contributed by atoms with Crippen LogP contribution in [-0.2, 0) is 4.79 Å². The average molecular weight is 550 g/mol. The van der Waals surface area contributed by atoms with Gasteiger partial charge in [0.2, 0.25) is 0 Å². The summed E-state index contributed by atoms with van der Waals surface area (Å²) in [6.07, 6.45) is 3.98. The van der Waals surface area contributed by atoms with Gasteiger partial charge in [-0.25, -0.2) is 9.97 Å². The number of fused-ring (bicyclic) bond motifs is 1. The number of hydrogen-bond donors (Lipinski definition) is 1. The normalized spacial score (nSPS) is 15.2. The molecule has 202 valence electrons. The molecule has 1 aliphatic rings. The number of anilines is 1. The molecule has 1 fully saturated rings. The largest absolute Gasteiger partial charge is 0.306 e. The van der Waals surface area contributed by atoms with Crippen LogP contribution < -0.4 is 10.9 Å². The van der Waals surface area contributed by atoms with Gasteiger partial charge >= 0.3 is 0 Å². The number of carbonyl (C=O) groups is 1. The van der Waals surface area contributed by atoms with Crippen LogP contribution in [0.15, 0.2) is 89.2 Å². The second kappa shape index (κ2) is 11.2. The van der Waals surface area contributed by atoms with Crippen molar-refractivity contribution in [3.63, 3.8) is 0 Å². The van der Waals surface area contributed by atoms with Gasteiger partial charge in [-0.05, 0) is 80.2 Å². The molecule has 1 saturated heterocycles. The van der Waals surface area contributed by atoms with Gasteiger partial charge in [0.15, 0.2) is 5.13 Å². The Bertz CT molecular complexity index is 1690. The highest BCUT2D eigenvalue weighted by Crippen LogP contribution is 2.30. The number of amides is 1. The van der Waals surface area contributed by atoms with Crippen molar-refractivity contribution in [3.05, 3.63) is 112 Å². The quantitative estimate of drug-likeness (QED) is 0.287. The number of aryl methyl sites for hydroxylation is 1. The van der Waals surface area contributed by atoms with Crippen LogP contribution in [0.3, 0.4) is 0 Å². The van der Waals surface area contributed by atoms with Gasteiger partial charge in [-0.15, -0.1) is 11.3 Å². The fraction of sp³-hybridized carbons (Fsp3) is 0.250. The van der Waals surface area contributed by atoms with Gasteiger partial charge in [-0.2, -0.15) is 0 Å². The standard InChI is InChI=1S/C32H31N5O2S/c1-21-34-28-13-12-26(23-10-8-22(9-11-23)24-14-17-36(2)18-15-24)20-27(28)31(39)37(21)29(25-6-4-3-5-7-25)30(38)35-32-33-16-19-40-32/h3-13,16,19-20,24,29H,14-15,17-18H2,1-2H3,(H,33,35,38). The van der Waals surface area contributed by atoms with Gasteiger partial charge in [0.05, 0.1) is 10.9 Å². The van der Waals surface area contributed by atoms with Crippen molar-refractivity contribution in [3.8, 4) is 11.1 Å². The zero-order valence-electron chi connectivity index (χ0n) is 22.6. The molecule has 8 heteroatoms. The third kappa shape index (κ3) is 5.20. The van der Waals surface area contributed by atoms with E-state index in [1.807, 2.05) is 48.5 Å². The summed E-state index contributed by atoms with van der Waals surface area (Å²) in [5.74, 6) is 0.718. The number of nitrogens with zero attached hydrogens (tertiary/aromatic N) is 4. The summed E-state index contributed by atoms with van der Waals surface area (Å²) in [5.41, 5.74) is 4.41. The van der Waals surface area contributed by atoms with Crippen molar-refractivity contribution in [1.29, 1.82) is 0 Å². The van der Waals surface area contributed by atoms with Crippen LogP contribution in [0, 0.1) is 6.92 Å². The van der Waals surface area contributed by atoms with Crippen LogP contribution >= 0.6 is 11.3 Å². The highest BCUT2D eigenvalue weighted by molar-refractivity contribution is 7.13. The van der Waals surface area contributed by atoms with Crippen molar-refractivity contribution in [2.75, 3.05) is 25.5 Å². The smallest absolute Gasteiger partial charge is 0.262 e. The van der Waals surface area contributed by atoms with E-state index in [2.05, 4.69) is 46.5 Å². The van der Waals surface area contributed by atoms with Gasteiger partial charge in [-0.1, -0.05) is 60.7 Å². The number of piperidine rings is 1. The molecule has 3 aromatic carbocycles. The third-order valence-corrected chi connectivity index (χ3v) is 8.48. The summed E-state index contributed by atoms with van der Waals surface area (Å²) in [6.45, 7) is 4.02. The van der Waals surface area contributed by atoms with E-state index in [1.165, 1.54) is 34.3 Å². The van der Waals surface area contributed by atoms with Gasteiger partial charge in [0.1, 0.15) is 11.9 Å². The number of nitrogens with one attached hydrogen (secondary N) is 1. The molecule has 2 aromatic heterocycles. The molecule has 3 heterocycles. The third-order valence-electron chi connectivity index (χ3n) is 7.79. The van der Waals surface area contributed by atoms with E-state index in [-0.39, 0.29) is 11.5 Å². The minimum Gasteiger partial charge on any atom is -0.306 e. The number of benzene rings is 3. The van der Waals surface area contributed by atoms with E-state index in [0.29, 0.717) is 33.3 Å². The van der Waals surface area contributed by atoms with E-state index in [4.69, 9.17) is 4.98 Å². The highest BCUT2D eigenvalue weighted by Gasteiger charge is 2.27. The highest BCUT2D eigenvalue weighted by atomic mass is 32.1. The lowest BCUT2D eigenvalue weighted by molar-refractivity contribution is -0.118. The fourth-order valence-electron chi connectivity index (χ4n) is 5.60. The van der Waals surface area contributed by atoms with E-state index >= 15 is 0 Å². The maximum atomic E-state index is 14.1. The Hall–Kier alpha value is -4.14. The number of likely N-dealkylation sites (tertiary alicyclic amines) is 1. The van der Waals surface area contributed by atoms with Gasteiger partial charge < -0.3 is 4.90 Å². The van der Waals surface area contributed by atoms with Gasteiger partial charge in [0, 0.05) is 11.6 Å². The zero-order chi connectivity index (χ0) is 27.6. The summed E-state index contributed by atoms with van der Waals surface area (Å²) in [7, 11) is 2.18. The fourth-order valence-corrected chi connectivity index (χ4v) is 6.13. The lowest BCUT2D eigenvalue weighted by atomic mass is 9.88. The molecule has 0 radical (unpaired) electrons. The lowest BCUT2D eigenvalue weighted by Crippen LogP contribution is -2.36. The molecule has 1 amide bonds. The predicted molar refractivity (Wildman–Crippen MR) is 161 cm³/mol. The first-order valence-electron chi connectivity index (χ1n) is 13.5. The molecule has 7 nitrogen and oxygen atoms in total. The van der Waals surface area contributed by atoms with Crippen molar-refractivity contribution >= 4 is 33.3 Å². The Kier molecular flexibility index (Phi) is 7.28. The monoisotopic (exact) mass is 549 g/mol. The minimum absolute atomic E-state index is 0.254. The van der Waals surface area contributed by atoms with Crippen LogP contribution in [-0.4, -0.2) is 45.5 Å². The second-order valence-corrected chi connectivity index (χ2v) is 11.3. The Morgan fingerprint density at radius 3 is 2.42 bits per heavy atom. The van der Waals surface area contributed by atoms with Crippen LogP contribution in [0.25, 0.3) is 22.0 Å². The Balaban J connectivity index is 1.39. The molecule has 1 atom stereocenters. The molecule has 0 bridgehead atoms. The molecular formula is C32H31N5O2S. The molecule has 0 spiro atoms. The maximum absolute atomic E-state index is 14.1. The Morgan fingerprint density at radius 2 is 1.73 bits per heavy atom. The molecule has 0 aliphatic carbocycles. The van der Waals surface area contributed by atoms with E-state index in [1.54, 1.807) is 18.5 Å². The van der Waals surface area contributed by atoms with Crippen molar-refractivity contribution in [1.82, 2.24) is 19.4 Å². The number of thiazole rings is 1. The average Bonchev–Trinajstić information content (AvgIpc) is 3.49. The van der Waals surface area contributed by atoms with Crippen LogP contribution in [0.1, 0.15) is 41.8 Å². The summed E-state index contributed by atoms with van der Waals surface area (Å²) >= 11 is 1.33. The topological polar surface area (TPSA) is 80.1 Å². The Labute approximate surface area is 237 Å². The Morgan fingerprint density at radius 1 is 1.00 bits per heavy atom. The molecule has 1 unspecified atom stereocenters. The van der Waals surface area contributed by atoms with Crippen LogP contribution in [0.4, 0.5) is 5.13 Å². The molecular weight excluding hydrogens is 518 g/mol. The SMILES string of the molecule is Cc1nc2ccc(-c3ccc(C4CCN(C)CC4)cc3)cc2c(=O)n1C(C(=O)Nc1nccs1)c1ccccc1. The first kappa shape index (κ1) is 26.1. The van der Waals surface area contributed by atoms with Gasteiger partial charge in [-0.3, -0.25) is 19.5 Å². The molecule has 0 saturated carbocycles. The second-order valence-electron chi connectivity index (χ2n) is 10.4. The molecule has 1 aliphatic heterocycles. The first-order chi connectivity index (χ1) is 19.5. The lowest BCUT2D eigenvalue weighted by Gasteiger charge is -2.29. The van der Waals surface area contributed by atoms with Crippen LogP contribution in [0.5, 0.6) is 0 Å². The molecule has 1 N–H and O–H groups in total. The number of aromatic nitrogens is 3. The number of rotatable bonds is 6. The van der Waals surface area contributed by atoms with E-state index in [0.717, 1.165) is 24.2 Å². The van der Waals surface area contributed by atoms with Crippen molar-refractivity contribution in [2.45, 2.75) is 31.7 Å². The van der Waals surface area contributed by atoms with E-state index in [9.17, 15) is 9.59 Å². The molecule has 6 rings (SSSR count). The molecule has 5 aromatic rings. The summed E-state index contributed by atoms with van der Waals surface area (Å²) in [6, 6.07) is 22.9. The summed E-state index contributed by atoms with van der Waals surface area (Å²) < 4.78 is 1.49. The minimum atomic E-state index is -0.896.